The minimum Gasteiger partial charge on any atom is -0.491 e. The van der Waals surface area contributed by atoms with Gasteiger partial charge >= 0.3 is 0 Å². The summed E-state index contributed by atoms with van der Waals surface area (Å²) in [5.74, 6) is 10.3. The first-order valence-electron chi connectivity index (χ1n) is 6.63. The second-order valence-corrected chi connectivity index (χ2v) is 7.33. The van der Waals surface area contributed by atoms with Gasteiger partial charge in [0.1, 0.15) is 5.75 Å². The fourth-order valence-electron chi connectivity index (χ4n) is 2.19. The summed E-state index contributed by atoms with van der Waals surface area (Å²) in [5.41, 5.74) is 4.15. The van der Waals surface area contributed by atoms with Crippen LogP contribution in [-0.2, 0) is 0 Å². The molecule has 0 amide bonds. The van der Waals surface area contributed by atoms with Crippen molar-refractivity contribution in [3.05, 3.63) is 29.8 Å². The van der Waals surface area contributed by atoms with Crippen LogP contribution in [-0.4, -0.2) is 28.6 Å². The Morgan fingerprint density at radius 2 is 2.11 bits per heavy atom. The number of nitrogens with one attached hydrogen (secondary N) is 1. The van der Waals surface area contributed by atoms with Crippen molar-refractivity contribution in [1.82, 2.24) is 5.43 Å². The van der Waals surface area contributed by atoms with Crippen LogP contribution in [0.2, 0.25) is 0 Å². The predicted octanol–water partition coefficient (Wildman–Crippen LogP) is 2.83. The molecule has 1 aromatic rings. The van der Waals surface area contributed by atoms with Crippen molar-refractivity contribution < 1.29 is 4.74 Å². The monoisotopic (exact) mass is 298 g/mol. The average Bonchev–Trinajstić information content (AvgIpc) is 2.42. The topological polar surface area (TPSA) is 47.3 Å². The number of ether oxygens (including phenoxy) is 1. The van der Waals surface area contributed by atoms with Gasteiger partial charge in [0, 0.05) is 28.1 Å². The number of hydrazine groups is 1. The van der Waals surface area contributed by atoms with E-state index in [4.69, 9.17) is 10.6 Å². The second kappa shape index (κ2) is 7.43. The molecular weight excluding hydrogens is 276 g/mol. The lowest BCUT2D eigenvalue weighted by Gasteiger charge is -2.30. The number of para-hydroxylation sites is 1. The summed E-state index contributed by atoms with van der Waals surface area (Å²) in [6.07, 6.45) is 0.174. The van der Waals surface area contributed by atoms with Crippen LogP contribution in [0.25, 0.3) is 0 Å². The van der Waals surface area contributed by atoms with Crippen LogP contribution in [0.4, 0.5) is 0 Å². The van der Waals surface area contributed by atoms with E-state index in [1.807, 2.05) is 55.6 Å². The van der Waals surface area contributed by atoms with Crippen molar-refractivity contribution in [2.75, 3.05) is 17.3 Å². The third kappa shape index (κ3) is 4.05. The smallest absolute Gasteiger partial charge is 0.124 e. The molecule has 0 aromatic heterocycles. The maximum absolute atomic E-state index is 5.91. The van der Waals surface area contributed by atoms with E-state index in [1.54, 1.807) is 0 Å². The molecule has 2 atom stereocenters. The normalized spacial score (nSPS) is 21.4. The van der Waals surface area contributed by atoms with Crippen LogP contribution < -0.4 is 16.0 Å². The molecule has 1 aromatic carbocycles. The van der Waals surface area contributed by atoms with Gasteiger partial charge in [-0.2, -0.15) is 23.5 Å². The molecule has 2 rings (SSSR count). The van der Waals surface area contributed by atoms with E-state index in [0.29, 0.717) is 5.25 Å². The highest BCUT2D eigenvalue weighted by Gasteiger charge is 2.27. The number of nitrogens with two attached hydrogens (primary N) is 1. The van der Waals surface area contributed by atoms with Crippen LogP contribution in [0, 0.1) is 0 Å². The molecule has 3 N–H and O–H groups in total. The minimum absolute atomic E-state index is 0.146. The van der Waals surface area contributed by atoms with Gasteiger partial charge in [0.2, 0.25) is 0 Å². The third-order valence-electron chi connectivity index (χ3n) is 3.01. The molecule has 5 heteroatoms. The van der Waals surface area contributed by atoms with Crippen LogP contribution in [0.5, 0.6) is 5.75 Å². The number of hydrogen-bond donors (Lipinski definition) is 2. The van der Waals surface area contributed by atoms with Crippen molar-refractivity contribution in [3.8, 4) is 5.75 Å². The van der Waals surface area contributed by atoms with E-state index in [0.717, 1.165) is 11.5 Å². The Bertz CT molecular complexity index is 395. The molecule has 0 aliphatic carbocycles. The first-order valence-corrected chi connectivity index (χ1v) is 8.83. The molecule has 2 unspecified atom stereocenters. The highest BCUT2D eigenvalue weighted by atomic mass is 32.2. The highest BCUT2D eigenvalue weighted by molar-refractivity contribution is 8.06. The Kier molecular flexibility index (Phi) is 5.88. The fourth-order valence-corrected chi connectivity index (χ4v) is 5.04. The molecule has 19 heavy (non-hydrogen) atoms. The molecule has 3 nitrogen and oxygen atoms in total. The van der Waals surface area contributed by atoms with Crippen molar-refractivity contribution in [1.29, 1.82) is 0 Å². The van der Waals surface area contributed by atoms with Crippen molar-refractivity contribution >= 4 is 23.5 Å². The van der Waals surface area contributed by atoms with Gasteiger partial charge in [0.15, 0.2) is 0 Å². The van der Waals surface area contributed by atoms with E-state index in [-0.39, 0.29) is 12.1 Å². The Labute approximate surface area is 124 Å². The summed E-state index contributed by atoms with van der Waals surface area (Å²) in [4.78, 5) is 0. The standard InChI is InChI=1S/C14H22N2OS2/c1-10(2)17-12-6-4-3-5-11(12)14(16-15)13-9-18-7-8-19-13/h3-6,10,13-14,16H,7-9,15H2,1-2H3. The second-order valence-electron chi connectivity index (χ2n) is 4.83. The molecule has 106 valence electrons. The van der Waals surface area contributed by atoms with Crippen molar-refractivity contribution in [2.24, 2.45) is 5.84 Å². The zero-order valence-electron chi connectivity index (χ0n) is 11.5. The Balaban J connectivity index is 2.21. The largest absolute Gasteiger partial charge is 0.491 e. The third-order valence-corrected chi connectivity index (χ3v) is 5.87. The highest BCUT2D eigenvalue weighted by Crippen LogP contribution is 2.36. The maximum Gasteiger partial charge on any atom is 0.124 e. The zero-order chi connectivity index (χ0) is 13.7. The van der Waals surface area contributed by atoms with Gasteiger partial charge in [-0.1, -0.05) is 18.2 Å². The summed E-state index contributed by atoms with van der Waals surface area (Å²) >= 11 is 4.00. The van der Waals surface area contributed by atoms with Gasteiger partial charge in [-0.15, -0.1) is 0 Å². The Hall–Kier alpha value is -0.360. The van der Waals surface area contributed by atoms with E-state index in [9.17, 15) is 0 Å². The van der Waals surface area contributed by atoms with Gasteiger partial charge in [-0.3, -0.25) is 11.3 Å². The first kappa shape index (κ1) is 15.0. The van der Waals surface area contributed by atoms with Crippen molar-refractivity contribution in [3.63, 3.8) is 0 Å². The van der Waals surface area contributed by atoms with Crippen molar-refractivity contribution in [2.45, 2.75) is 31.2 Å². The quantitative estimate of drug-likeness (QED) is 0.646. The number of hydrogen-bond acceptors (Lipinski definition) is 5. The van der Waals surface area contributed by atoms with E-state index >= 15 is 0 Å². The lowest BCUT2D eigenvalue weighted by atomic mass is 10.0. The Morgan fingerprint density at radius 1 is 1.32 bits per heavy atom. The number of benzene rings is 1. The van der Waals surface area contributed by atoms with Crippen LogP contribution in [0.3, 0.4) is 0 Å². The summed E-state index contributed by atoms with van der Waals surface area (Å²) in [6, 6.07) is 8.35. The van der Waals surface area contributed by atoms with Gasteiger partial charge in [0.25, 0.3) is 0 Å². The summed E-state index contributed by atoms with van der Waals surface area (Å²) < 4.78 is 5.91. The fraction of sp³-hybridized carbons (Fsp3) is 0.571. The molecule has 0 saturated carbocycles. The predicted molar refractivity (Wildman–Crippen MR) is 85.8 cm³/mol. The van der Waals surface area contributed by atoms with E-state index in [2.05, 4.69) is 11.5 Å². The summed E-state index contributed by atoms with van der Waals surface area (Å²) in [6.45, 7) is 4.10. The lowest BCUT2D eigenvalue weighted by Crippen LogP contribution is -2.38. The lowest BCUT2D eigenvalue weighted by molar-refractivity contribution is 0.237. The van der Waals surface area contributed by atoms with E-state index < -0.39 is 0 Å². The van der Waals surface area contributed by atoms with Gasteiger partial charge in [0.05, 0.1) is 12.1 Å². The summed E-state index contributed by atoms with van der Waals surface area (Å²) in [5, 5.41) is 0.501. The van der Waals surface area contributed by atoms with Gasteiger partial charge in [-0.05, 0) is 19.9 Å². The Morgan fingerprint density at radius 3 is 2.74 bits per heavy atom. The first-order chi connectivity index (χ1) is 9.22. The summed E-state index contributed by atoms with van der Waals surface area (Å²) in [7, 11) is 0. The molecular formula is C14H22N2OS2. The van der Waals surface area contributed by atoms with Crippen LogP contribution in [0.1, 0.15) is 25.5 Å². The zero-order valence-corrected chi connectivity index (χ0v) is 13.1. The van der Waals surface area contributed by atoms with Gasteiger partial charge in [-0.25, -0.2) is 0 Å². The molecule has 0 bridgehead atoms. The molecule has 0 spiro atoms. The SMILES string of the molecule is CC(C)Oc1ccccc1C(NN)C1CSCCS1. The molecule has 1 fully saturated rings. The molecule has 1 saturated heterocycles. The van der Waals surface area contributed by atoms with E-state index in [1.165, 1.54) is 17.1 Å². The molecule has 0 radical (unpaired) electrons. The molecule has 1 heterocycles. The van der Waals surface area contributed by atoms with Crippen LogP contribution in [0.15, 0.2) is 24.3 Å². The maximum atomic E-state index is 5.91. The number of thioether (sulfide) groups is 2. The molecule has 1 aliphatic rings. The molecule has 1 aliphatic heterocycles. The minimum atomic E-state index is 0.146. The average molecular weight is 298 g/mol. The number of rotatable bonds is 5. The van der Waals surface area contributed by atoms with Gasteiger partial charge < -0.3 is 4.74 Å². The van der Waals surface area contributed by atoms with Crippen LogP contribution >= 0.6 is 23.5 Å².